The van der Waals surface area contributed by atoms with E-state index in [0.29, 0.717) is 42.0 Å². The quantitative estimate of drug-likeness (QED) is 0.400. The van der Waals surface area contributed by atoms with Gasteiger partial charge in [-0.05, 0) is 29.7 Å². The number of amides is 1. The Morgan fingerprint density at radius 1 is 1.07 bits per heavy atom. The van der Waals surface area contributed by atoms with Crippen molar-refractivity contribution in [1.29, 1.82) is 0 Å². The molecule has 0 heterocycles. The van der Waals surface area contributed by atoms with Gasteiger partial charge in [0.1, 0.15) is 18.2 Å². The molecule has 0 spiro atoms. The summed E-state index contributed by atoms with van der Waals surface area (Å²) in [5.74, 6) is 1.81. The van der Waals surface area contributed by atoms with Crippen molar-refractivity contribution in [3.05, 3.63) is 60.2 Å². The normalized spacial score (nSPS) is 10.6. The molecule has 2 aromatic rings. The van der Waals surface area contributed by atoms with E-state index in [1.807, 2.05) is 24.3 Å². The van der Waals surface area contributed by atoms with E-state index in [1.54, 1.807) is 37.3 Å². The maximum absolute atomic E-state index is 12.6. The van der Waals surface area contributed by atoms with E-state index in [9.17, 15) is 4.79 Å². The number of hydrogen-bond acceptors (Lipinski definition) is 4. The third-order valence-electron chi connectivity index (χ3n) is 4.62. The van der Waals surface area contributed by atoms with Gasteiger partial charge in [-0.25, -0.2) is 0 Å². The molecule has 0 aromatic heterocycles. The summed E-state index contributed by atoms with van der Waals surface area (Å²) in [6.07, 6.45) is 0. The molecule has 0 unspecified atom stereocenters. The zero-order valence-electron chi connectivity index (χ0n) is 17.4. The van der Waals surface area contributed by atoms with E-state index >= 15 is 0 Å². The second-order valence-corrected chi connectivity index (χ2v) is 7.13. The number of hydrogen-bond donors (Lipinski definition) is 0. The molecule has 0 saturated heterocycles. The highest BCUT2D eigenvalue weighted by Crippen LogP contribution is 2.33. The zero-order chi connectivity index (χ0) is 21.4. The summed E-state index contributed by atoms with van der Waals surface area (Å²) in [5, 5.41) is 0. The van der Waals surface area contributed by atoms with E-state index in [2.05, 4.69) is 20.4 Å². The molecule has 0 fully saturated rings. The number of anilines is 1. The molecule has 0 N–H and O–H groups in total. The fourth-order valence-corrected chi connectivity index (χ4v) is 2.82. The number of halogens is 1. The van der Waals surface area contributed by atoms with Crippen molar-refractivity contribution >= 4 is 23.2 Å². The molecular formula is C23H28ClNO4. The van der Waals surface area contributed by atoms with Crippen molar-refractivity contribution in [2.45, 2.75) is 20.4 Å². The van der Waals surface area contributed by atoms with Crippen LogP contribution in [0.4, 0.5) is 5.69 Å². The topological polar surface area (TPSA) is 48.0 Å². The Kier molecular flexibility index (Phi) is 8.40. The Morgan fingerprint density at radius 2 is 1.76 bits per heavy atom. The highest BCUT2D eigenvalue weighted by molar-refractivity contribution is 6.29. The van der Waals surface area contributed by atoms with Crippen molar-refractivity contribution in [3.63, 3.8) is 0 Å². The van der Waals surface area contributed by atoms with Crippen LogP contribution in [0.1, 0.15) is 19.4 Å². The summed E-state index contributed by atoms with van der Waals surface area (Å²) in [6, 6.07) is 13.0. The summed E-state index contributed by atoms with van der Waals surface area (Å²) >= 11 is 5.88. The minimum atomic E-state index is -0.222. The maximum atomic E-state index is 12.6. The summed E-state index contributed by atoms with van der Waals surface area (Å²) < 4.78 is 16.6. The summed E-state index contributed by atoms with van der Waals surface area (Å²) in [7, 11) is 3.12. The summed E-state index contributed by atoms with van der Waals surface area (Å²) in [4.78, 5) is 14.2. The van der Waals surface area contributed by atoms with Crippen molar-refractivity contribution in [2.75, 3.05) is 31.6 Å². The number of methoxy groups -OCH3 is 2. The first kappa shape index (κ1) is 22.6. The number of para-hydroxylation sites is 1. The SMILES string of the molecule is C=C(COc1ccccc1CN(C(=O)CCl)c1ccc(OC)c(OC)c1)C(C)C. The van der Waals surface area contributed by atoms with Gasteiger partial charge in [0.05, 0.1) is 20.8 Å². The number of nitrogens with zero attached hydrogens (tertiary/aromatic N) is 1. The predicted octanol–water partition coefficient (Wildman–Crippen LogP) is 5.07. The highest BCUT2D eigenvalue weighted by Gasteiger charge is 2.19. The zero-order valence-corrected chi connectivity index (χ0v) is 18.2. The lowest BCUT2D eigenvalue weighted by molar-refractivity contribution is -0.116. The van der Waals surface area contributed by atoms with Gasteiger partial charge in [-0.15, -0.1) is 11.6 Å². The van der Waals surface area contributed by atoms with Gasteiger partial charge in [0.25, 0.3) is 0 Å². The number of ether oxygens (including phenoxy) is 3. The Morgan fingerprint density at radius 3 is 2.38 bits per heavy atom. The van der Waals surface area contributed by atoms with Crippen LogP contribution in [0.3, 0.4) is 0 Å². The number of benzene rings is 2. The van der Waals surface area contributed by atoms with Gasteiger partial charge in [0.15, 0.2) is 11.5 Å². The van der Waals surface area contributed by atoms with Gasteiger partial charge in [0.2, 0.25) is 5.91 Å². The number of alkyl halides is 1. The largest absolute Gasteiger partial charge is 0.493 e. The first-order valence-corrected chi connectivity index (χ1v) is 9.91. The average molecular weight is 418 g/mol. The number of carbonyl (C=O) groups is 1. The maximum Gasteiger partial charge on any atom is 0.242 e. The van der Waals surface area contributed by atoms with Crippen LogP contribution < -0.4 is 19.1 Å². The first-order chi connectivity index (χ1) is 13.9. The average Bonchev–Trinajstić information content (AvgIpc) is 2.75. The van der Waals surface area contributed by atoms with Gasteiger partial charge in [-0.1, -0.05) is 38.6 Å². The van der Waals surface area contributed by atoms with E-state index in [1.165, 1.54) is 0 Å². The fourth-order valence-electron chi connectivity index (χ4n) is 2.67. The molecule has 6 heteroatoms. The Labute approximate surface area is 177 Å². The third-order valence-corrected chi connectivity index (χ3v) is 4.85. The molecule has 0 bridgehead atoms. The predicted molar refractivity (Wildman–Crippen MR) is 117 cm³/mol. The van der Waals surface area contributed by atoms with E-state index in [-0.39, 0.29) is 11.8 Å². The second-order valence-electron chi connectivity index (χ2n) is 6.86. The number of carbonyl (C=O) groups excluding carboxylic acids is 1. The van der Waals surface area contributed by atoms with Gasteiger partial charge in [-0.2, -0.15) is 0 Å². The highest BCUT2D eigenvalue weighted by atomic mass is 35.5. The second kappa shape index (κ2) is 10.8. The lowest BCUT2D eigenvalue weighted by Gasteiger charge is -2.24. The Balaban J connectivity index is 2.32. The lowest BCUT2D eigenvalue weighted by atomic mass is 10.1. The summed E-state index contributed by atoms with van der Waals surface area (Å²) in [6.45, 7) is 8.95. The van der Waals surface area contributed by atoms with E-state index < -0.39 is 0 Å². The molecule has 29 heavy (non-hydrogen) atoms. The van der Waals surface area contributed by atoms with Crippen LogP contribution >= 0.6 is 11.6 Å². The monoisotopic (exact) mass is 417 g/mol. The molecule has 0 aliphatic carbocycles. The molecule has 5 nitrogen and oxygen atoms in total. The van der Waals surface area contributed by atoms with Crippen molar-refractivity contribution in [3.8, 4) is 17.2 Å². The molecular weight excluding hydrogens is 390 g/mol. The molecule has 0 saturated carbocycles. The van der Waals surface area contributed by atoms with Crippen LogP contribution in [-0.4, -0.2) is 32.6 Å². The molecule has 2 aromatic carbocycles. The molecule has 0 aliphatic rings. The van der Waals surface area contributed by atoms with Crippen LogP contribution in [0.5, 0.6) is 17.2 Å². The fraction of sp³-hybridized carbons (Fsp3) is 0.348. The van der Waals surface area contributed by atoms with Gasteiger partial charge < -0.3 is 19.1 Å². The van der Waals surface area contributed by atoms with Crippen LogP contribution in [0, 0.1) is 5.92 Å². The van der Waals surface area contributed by atoms with Crippen LogP contribution in [-0.2, 0) is 11.3 Å². The Bertz CT molecular complexity index is 851. The molecule has 0 atom stereocenters. The van der Waals surface area contributed by atoms with Crippen LogP contribution in [0.25, 0.3) is 0 Å². The number of rotatable bonds is 10. The van der Waals surface area contributed by atoms with E-state index in [0.717, 1.165) is 11.1 Å². The minimum absolute atomic E-state index is 0.137. The van der Waals surface area contributed by atoms with Gasteiger partial charge in [-0.3, -0.25) is 4.79 Å². The molecule has 2 rings (SSSR count). The van der Waals surface area contributed by atoms with E-state index in [4.69, 9.17) is 25.8 Å². The standard InChI is InChI=1S/C23H28ClNO4/c1-16(2)17(3)15-29-20-9-7-6-8-18(20)14-25(23(26)13-24)19-10-11-21(27-4)22(12-19)28-5/h6-12,16H,3,13-15H2,1-2,4-5H3. The molecule has 0 radical (unpaired) electrons. The molecule has 156 valence electrons. The van der Waals surface area contributed by atoms with Crippen molar-refractivity contribution in [1.82, 2.24) is 0 Å². The van der Waals surface area contributed by atoms with Gasteiger partial charge >= 0.3 is 0 Å². The van der Waals surface area contributed by atoms with Crippen LogP contribution in [0.2, 0.25) is 0 Å². The van der Waals surface area contributed by atoms with Crippen molar-refractivity contribution < 1.29 is 19.0 Å². The Hall–Kier alpha value is -2.66. The lowest BCUT2D eigenvalue weighted by Crippen LogP contribution is -2.31. The van der Waals surface area contributed by atoms with Crippen molar-refractivity contribution in [2.24, 2.45) is 5.92 Å². The van der Waals surface area contributed by atoms with Gasteiger partial charge in [0, 0.05) is 17.3 Å². The van der Waals surface area contributed by atoms with Crippen LogP contribution in [0.15, 0.2) is 54.6 Å². The summed E-state index contributed by atoms with van der Waals surface area (Å²) in [5.41, 5.74) is 2.54. The molecule has 1 amide bonds. The third kappa shape index (κ3) is 5.91. The molecule has 0 aliphatic heterocycles. The first-order valence-electron chi connectivity index (χ1n) is 9.38. The minimum Gasteiger partial charge on any atom is -0.493 e. The smallest absolute Gasteiger partial charge is 0.242 e.